The van der Waals surface area contributed by atoms with Crippen molar-refractivity contribution in [1.29, 1.82) is 0 Å². The van der Waals surface area contributed by atoms with E-state index in [-0.39, 0.29) is 18.7 Å². The maximum Gasteiger partial charge on any atom is 0.335 e. The fraction of sp³-hybridized carbons (Fsp3) is 0.174. The molecule has 0 saturated heterocycles. The Morgan fingerprint density at radius 1 is 0.966 bits per heavy atom. The van der Waals surface area contributed by atoms with Crippen LogP contribution in [0.2, 0.25) is 0 Å². The number of fused-ring (bicyclic) bond motifs is 1. The van der Waals surface area contributed by atoms with Gasteiger partial charge in [-0.1, -0.05) is 60.7 Å². The predicted octanol–water partition coefficient (Wildman–Crippen LogP) is 2.87. The third kappa shape index (κ3) is 3.22. The summed E-state index contributed by atoms with van der Waals surface area (Å²) < 4.78 is 0. The molecule has 0 amide bonds. The van der Waals surface area contributed by atoms with Crippen LogP contribution >= 0.6 is 0 Å². The Kier molecular flexibility index (Phi) is 4.96. The predicted molar refractivity (Wildman–Crippen MR) is 111 cm³/mol. The topological polar surface area (TPSA) is 93.0 Å². The summed E-state index contributed by atoms with van der Waals surface area (Å²) in [5.41, 5.74) is 1.43. The molecule has 0 aliphatic carbocycles. The first-order valence-corrected chi connectivity index (χ1v) is 9.40. The van der Waals surface area contributed by atoms with Crippen LogP contribution in [0.4, 0.5) is 11.4 Å². The van der Waals surface area contributed by atoms with Crippen molar-refractivity contribution >= 4 is 17.3 Å². The molecular weight excluding hydrogens is 368 g/mol. The number of aromatic carboxylic acids is 1. The second-order valence-corrected chi connectivity index (χ2v) is 7.00. The number of nitrogens with one attached hydrogen (secondary N) is 1. The van der Waals surface area contributed by atoms with Gasteiger partial charge in [-0.2, -0.15) is 0 Å². The number of benzene rings is 3. The Bertz CT molecular complexity index is 968. The van der Waals surface area contributed by atoms with Crippen LogP contribution in [-0.4, -0.2) is 40.6 Å². The molecule has 29 heavy (non-hydrogen) atoms. The third-order valence-corrected chi connectivity index (χ3v) is 5.32. The van der Waals surface area contributed by atoms with Gasteiger partial charge >= 0.3 is 5.97 Å². The van der Waals surface area contributed by atoms with Crippen LogP contribution in [0.25, 0.3) is 0 Å². The van der Waals surface area contributed by atoms with Crippen molar-refractivity contribution in [3.8, 4) is 0 Å². The van der Waals surface area contributed by atoms with E-state index in [1.54, 1.807) is 12.1 Å². The number of anilines is 2. The Morgan fingerprint density at radius 3 is 2.07 bits per heavy atom. The van der Waals surface area contributed by atoms with Gasteiger partial charge in [-0.15, -0.1) is 0 Å². The number of aliphatic hydroxyl groups excluding tert-OH is 1. The molecule has 0 fully saturated rings. The van der Waals surface area contributed by atoms with Crippen molar-refractivity contribution in [2.75, 3.05) is 23.4 Å². The number of nitrogens with zero attached hydrogens (tertiary/aromatic N) is 1. The van der Waals surface area contributed by atoms with Gasteiger partial charge in [-0.05, 0) is 29.3 Å². The van der Waals surface area contributed by atoms with Crippen molar-refractivity contribution in [2.45, 2.75) is 11.8 Å². The van der Waals surface area contributed by atoms with E-state index in [9.17, 15) is 20.1 Å². The standard InChI is InChI=1S/C23H22N2O4/c26-14-13-25-20-15-16(21(27)28)11-12-19(20)24-22(25)23(29,17-7-3-1-4-8-17)18-9-5-2-6-10-18/h1-12,15,22,24,26,29H,13-14H2,(H,27,28). The highest BCUT2D eigenvalue weighted by Gasteiger charge is 2.47. The molecule has 0 bridgehead atoms. The maximum absolute atomic E-state index is 12.1. The highest BCUT2D eigenvalue weighted by atomic mass is 16.4. The molecule has 6 heteroatoms. The summed E-state index contributed by atoms with van der Waals surface area (Å²) in [6.45, 7) is 0.0876. The summed E-state index contributed by atoms with van der Waals surface area (Å²) in [6.07, 6.45) is -0.640. The molecule has 1 aliphatic heterocycles. The monoisotopic (exact) mass is 390 g/mol. The highest BCUT2D eigenvalue weighted by molar-refractivity contribution is 5.92. The van der Waals surface area contributed by atoms with E-state index in [1.165, 1.54) is 6.07 Å². The molecule has 4 N–H and O–H groups in total. The fourth-order valence-electron chi connectivity index (χ4n) is 3.94. The van der Waals surface area contributed by atoms with Crippen LogP contribution < -0.4 is 10.2 Å². The lowest BCUT2D eigenvalue weighted by Gasteiger charge is -2.40. The number of rotatable bonds is 6. The summed E-state index contributed by atoms with van der Waals surface area (Å²) in [5, 5.41) is 34.5. The molecule has 1 unspecified atom stereocenters. The normalized spacial score (nSPS) is 15.7. The van der Waals surface area contributed by atoms with Crippen LogP contribution in [0.3, 0.4) is 0 Å². The van der Waals surface area contributed by atoms with Gasteiger partial charge in [0.2, 0.25) is 0 Å². The molecule has 3 aromatic rings. The van der Waals surface area contributed by atoms with Crippen LogP contribution in [0.5, 0.6) is 0 Å². The number of carboxylic acids is 1. The zero-order chi connectivity index (χ0) is 20.4. The highest BCUT2D eigenvalue weighted by Crippen LogP contribution is 2.44. The number of aliphatic hydroxyl groups is 2. The van der Waals surface area contributed by atoms with Crippen LogP contribution in [0.15, 0.2) is 78.9 Å². The number of hydrogen-bond donors (Lipinski definition) is 4. The second kappa shape index (κ2) is 7.58. The first-order chi connectivity index (χ1) is 14.1. The molecule has 1 heterocycles. The average molecular weight is 390 g/mol. The summed E-state index contributed by atoms with van der Waals surface area (Å²) in [4.78, 5) is 13.3. The van der Waals surface area contributed by atoms with Crippen molar-refractivity contribution in [3.63, 3.8) is 0 Å². The Labute approximate surface area is 168 Å². The van der Waals surface area contributed by atoms with Gasteiger partial charge in [0, 0.05) is 6.54 Å². The van der Waals surface area contributed by atoms with E-state index >= 15 is 0 Å². The molecule has 0 saturated carbocycles. The molecule has 148 valence electrons. The lowest BCUT2D eigenvalue weighted by Crippen LogP contribution is -2.54. The zero-order valence-electron chi connectivity index (χ0n) is 15.7. The molecule has 0 radical (unpaired) electrons. The van der Waals surface area contributed by atoms with Crippen molar-refractivity contribution < 1.29 is 20.1 Å². The number of carbonyl (C=O) groups is 1. The maximum atomic E-state index is 12.1. The molecule has 0 aromatic heterocycles. The summed E-state index contributed by atoms with van der Waals surface area (Å²) in [7, 11) is 0. The minimum atomic E-state index is -1.44. The minimum absolute atomic E-state index is 0.144. The van der Waals surface area contributed by atoms with Crippen LogP contribution in [0, 0.1) is 0 Å². The summed E-state index contributed by atoms with van der Waals surface area (Å²) >= 11 is 0. The van der Waals surface area contributed by atoms with Gasteiger partial charge in [0.1, 0.15) is 6.17 Å². The first-order valence-electron chi connectivity index (χ1n) is 9.40. The van der Waals surface area contributed by atoms with E-state index in [4.69, 9.17) is 0 Å². The second-order valence-electron chi connectivity index (χ2n) is 7.00. The molecule has 0 spiro atoms. The van der Waals surface area contributed by atoms with Gasteiger partial charge in [-0.25, -0.2) is 4.79 Å². The SMILES string of the molecule is O=C(O)c1ccc2c(c1)N(CCO)C(C(O)(c1ccccc1)c1ccccc1)N2. The molecule has 1 atom stereocenters. The van der Waals surface area contributed by atoms with E-state index in [0.717, 1.165) is 0 Å². The smallest absolute Gasteiger partial charge is 0.335 e. The third-order valence-electron chi connectivity index (χ3n) is 5.32. The Balaban J connectivity index is 1.87. The van der Waals surface area contributed by atoms with E-state index in [0.29, 0.717) is 22.5 Å². The zero-order valence-corrected chi connectivity index (χ0v) is 15.7. The average Bonchev–Trinajstić information content (AvgIpc) is 3.13. The first kappa shape index (κ1) is 19.0. The summed E-state index contributed by atoms with van der Waals surface area (Å²) in [6, 6.07) is 23.5. The fourth-order valence-corrected chi connectivity index (χ4v) is 3.94. The molecular formula is C23H22N2O4. The summed E-state index contributed by atoms with van der Waals surface area (Å²) in [5.74, 6) is -1.03. The van der Waals surface area contributed by atoms with Crippen molar-refractivity contribution in [3.05, 3.63) is 95.6 Å². The Hall–Kier alpha value is -3.35. The lowest BCUT2D eigenvalue weighted by molar-refractivity contribution is 0.0584. The molecule has 3 aromatic carbocycles. The minimum Gasteiger partial charge on any atom is -0.478 e. The molecule has 4 rings (SSSR count). The van der Waals surface area contributed by atoms with Crippen LogP contribution in [-0.2, 0) is 5.60 Å². The van der Waals surface area contributed by atoms with Crippen molar-refractivity contribution in [1.82, 2.24) is 0 Å². The van der Waals surface area contributed by atoms with Gasteiger partial charge in [0.05, 0.1) is 23.5 Å². The Morgan fingerprint density at radius 2 is 1.55 bits per heavy atom. The van der Waals surface area contributed by atoms with Crippen LogP contribution in [0.1, 0.15) is 21.5 Å². The van der Waals surface area contributed by atoms with Gasteiger partial charge in [0.15, 0.2) is 5.60 Å². The quantitative estimate of drug-likeness (QED) is 0.517. The molecule has 1 aliphatic rings. The van der Waals surface area contributed by atoms with Gasteiger partial charge < -0.3 is 25.5 Å². The van der Waals surface area contributed by atoms with E-state index < -0.39 is 17.7 Å². The van der Waals surface area contributed by atoms with Gasteiger partial charge in [-0.3, -0.25) is 0 Å². The lowest BCUT2D eigenvalue weighted by atomic mass is 9.83. The van der Waals surface area contributed by atoms with E-state index in [2.05, 4.69) is 5.32 Å². The number of hydrogen-bond acceptors (Lipinski definition) is 5. The van der Waals surface area contributed by atoms with Crippen molar-refractivity contribution in [2.24, 2.45) is 0 Å². The van der Waals surface area contributed by atoms with Gasteiger partial charge in [0.25, 0.3) is 0 Å². The molecule has 6 nitrogen and oxygen atoms in total. The van der Waals surface area contributed by atoms with E-state index in [1.807, 2.05) is 65.6 Å². The largest absolute Gasteiger partial charge is 0.478 e. The number of carboxylic acid groups (broad SMARTS) is 1. The number of β-amino-alcohol motifs (C(OH)–C–C–N with tert-alkyl or cyclic N) is 1.